The number of hydrogen-bond donors (Lipinski definition) is 2. The molecule has 0 saturated heterocycles. The predicted molar refractivity (Wildman–Crippen MR) is 91.6 cm³/mol. The van der Waals surface area contributed by atoms with Crippen LogP contribution in [0.4, 0.5) is 5.69 Å². The maximum absolute atomic E-state index is 12.3. The summed E-state index contributed by atoms with van der Waals surface area (Å²) in [7, 11) is -3.85. The van der Waals surface area contributed by atoms with E-state index in [4.69, 9.17) is 5.11 Å². The monoisotopic (exact) mass is 517 g/mol. The molecule has 0 fully saturated rings. The average Bonchev–Trinajstić information content (AvgIpc) is 2.84. The van der Waals surface area contributed by atoms with Crippen molar-refractivity contribution in [3.05, 3.63) is 42.6 Å². The Morgan fingerprint density at radius 1 is 1.14 bits per heavy atom. The first-order valence-electron chi connectivity index (χ1n) is 5.21. The molecule has 0 radical (unpaired) electrons. The average molecular weight is 520 g/mol. The Bertz CT molecular complexity index is 794. The summed E-state index contributed by atoms with van der Waals surface area (Å²) in [5, 5.41) is 8.85. The molecule has 1 aromatic heterocycles. The third-order valence-electron chi connectivity index (χ3n) is 2.30. The lowest BCUT2D eigenvalue weighted by Gasteiger charge is -2.11. The van der Waals surface area contributed by atoms with E-state index in [1.807, 2.05) is 0 Å². The molecule has 0 bridgehead atoms. The zero-order valence-electron chi connectivity index (χ0n) is 9.93. The minimum atomic E-state index is -3.85. The SMILES string of the molecule is O=C(O)c1ccc(S(=O)(=O)Nc2c(Br)cc(Br)cc2Br)s1. The largest absolute Gasteiger partial charge is 0.477 e. The van der Waals surface area contributed by atoms with E-state index >= 15 is 0 Å². The molecule has 0 saturated carbocycles. The van der Waals surface area contributed by atoms with Gasteiger partial charge in [0.15, 0.2) is 0 Å². The zero-order valence-corrected chi connectivity index (χ0v) is 16.3. The van der Waals surface area contributed by atoms with Crippen molar-refractivity contribution in [3.8, 4) is 0 Å². The number of halogens is 3. The molecule has 1 heterocycles. The second-order valence-corrected chi connectivity index (χ2v) is 9.39. The van der Waals surface area contributed by atoms with Crippen molar-refractivity contribution in [2.24, 2.45) is 0 Å². The van der Waals surface area contributed by atoms with Crippen LogP contribution in [-0.2, 0) is 10.0 Å². The molecule has 21 heavy (non-hydrogen) atoms. The quantitative estimate of drug-likeness (QED) is 0.621. The van der Waals surface area contributed by atoms with Gasteiger partial charge >= 0.3 is 5.97 Å². The highest BCUT2D eigenvalue weighted by atomic mass is 79.9. The summed E-state index contributed by atoms with van der Waals surface area (Å²) >= 11 is 10.5. The number of anilines is 1. The molecule has 2 N–H and O–H groups in total. The minimum absolute atomic E-state index is 0.0377. The van der Waals surface area contributed by atoms with E-state index in [2.05, 4.69) is 52.5 Å². The van der Waals surface area contributed by atoms with Crippen molar-refractivity contribution in [1.29, 1.82) is 0 Å². The van der Waals surface area contributed by atoms with Crippen molar-refractivity contribution < 1.29 is 18.3 Å². The van der Waals surface area contributed by atoms with E-state index in [9.17, 15) is 13.2 Å². The first-order valence-corrected chi connectivity index (χ1v) is 9.89. The fourth-order valence-corrected chi connectivity index (χ4v) is 6.37. The van der Waals surface area contributed by atoms with Gasteiger partial charge in [0.1, 0.15) is 9.09 Å². The molecule has 2 rings (SSSR count). The third-order valence-corrected chi connectivity index (χ3v) is 6.92. The molecule has 0 aliphatic heterocycles. The second-order valence-electron chi connectivity index (χ2n) is 3.77. The zero-order chi connectivity index (χ0) is 15.8. The molecule has 0 aliphatic carbocycles. The molecule has 112 valence electrons. The molecule has 0 atom stereocenters. The number of rotatable bonds is 4. The summed E-state index contributed by atoms with van der Waals surface area (Å²) in [6.45, 7) is 0. The summed E-state index contributed by atoms with van der Waals surface area (Å²) < 4.78 is 28.8. The number of carbonyl (C=O) groups is 1. The Balaban J connectivity index is 2.40. The van der Waals surface area contributed by atoms with Gasteiger partial charge in [-0.3, -0.25) is 4.72 Å². The lowest BCUT2D eigenvalue weighted by Crippen LogP contribution is -2.12. The summed E-state index contributed by atoms with van der Waals surface area (Å²) in [5.41, 5.74) is 0.337. The van der Waals surface area contributed by atoms with Gasteiger partial charge in [-0.1, -0.05) is 15.9 Å². The summed E-state index contributed by atoms with van der Waals surface area (Å²) in [6, 6.07) is 5.91. The van der Waals surface area contributed by atoms with E-state index in [0.29, 0.717) is 26.0 Å². The number of sulfonamides is 1. The smallest absolute Gasteiger partial charge is 0.345 e. The van der Waals surface area contributed by atoms with Crippen molar-refractivity contribution in [2.75, 3.05) is 4.72 Å². The maximum Gasteiger partial charge on any atom is 0.345 e. The standard InChI is InChI=1S/C11H6Br3NO4S2/c12-5-3-6(13)10(7(14)4-5)15-21(18,19)9-2-1-8(20-9)11(16)17/h1-4,15H,(H,16,17). The number of nitrogens with one attached hydrogen (secondary N) is 1. The Kier molecular flexibility index (Phi) is 5.14. The normalized spacial score (nSPS) is 11.4. The molecule has 0 spiro atoms. The Morgan fingerprint density at radius 2 is 1.71 bits per heavy atom. The number of benzene rings is 1. The highest BCUT2D eigenvalue weighted by Gasteiger charge is 2.21. The van der Waals surface area contributed by atoms with Crippen LogP contribution in [0.3, 0.4) is 0 Å². The van der Waals surface area contributed by atoms with Crippen LogP contribution in [-0.4, -0.2) is 19.5 Å². The molecule has 10 heteroatoms. The van der Waals surface area contributed by atoms with E-state index in [1.54, 1.807) is 12.1 Å². The van der Waals surface area contributed by atoms with Crippen LogP contribution in [0.5, 0.6) is 0 Å². The van der Waals surface area contributed by atoms with Crippen LogP contribution < -0.4 is 4.72 Å². The van der Waals surface area contributed by atoms with Crippen molar-refractivity contribution >= 4 is 80.8 Å². The molecule has 0 amide bonds. The molecule has 0 aliphatic rings. The first kappa shape index (κ1) is 16.9. The van der Waals surface area contributed by atoms with Gasteiger partial charge in [-0.15, -0.1) is 11.3 Å². The predicted octanol–water partition coefficient (Wildman–Crippen LogP) is 4.53. The van der Waals surface area contributed by atoms with Gasteiger partial charge in [0.25, 0.3) is 10.0 Å². The first-order chi connectivity index (χ1) is 9.70. The lowest BCUT2D eigenvalue weighted by molar-refractivity contribution is 0.0702. The van der Waals surface area contributed by atoms with E-state index < -0.39 is 16.0 Å². The van der Waals surface area contributed by atoms with Crippen LogP contribution in [0.2, 0.25) is 0 Å². The van der Waals surface area contributed by atoms with E-state index in [-0.39, 0.29) is 9.09 Å². The van der Waals surface area contributed by atoms with Crippen molar-refractivity contribution in [1.82, 2.24) is 0 Å². The van der Waals surface area contributed by atoms with Crippen molar-refractivity contribution in [3.63, 3.8) is 0 Å². The Labute approximate surface area is 149 Å². The molecule has 5 nitrogen and oxygen atoms in total. The number of aromatic carboxylic acids is 1. The summed E-state index contributed by atoms with van der Waals surface area (Å²) in [5.74, 6) is -1.16. The van der Waals surface area contributed by atoms with Gasteiger partial charge in [0.05, 0.1) is 5.69 Å². The van der Waals surface area contributed by atoms with Crippen LogP contribution >= 0.6 is 59.1 Å². The fraction of sp³-hybridized carbons (Fsp3) is 0. The molecule has 2 aromatic rings. The highest BCUT2D eigenvalue weighted by Crippen LogP contribution is 2.36. The van der Waals surface area contributed by atoms with Gasteiger partial charge < -0.3 is 5.11 Å². The number of carboxylic acids is 1. The van der Waals surface area contributed by atoms with E-state index in [0.717, 1.165) is 4.47 Å². The third kappa shape index (κ3) is 3.86. The number of hydrogen-bond acceptors (Lipinski definition) is 4. The summed E-state index contributed by atoms with van der Waals surface area (Å²) in [6.07, 6.45) is 0. The van der Waals surface area contributed by atoms with Gasteiger partial charge in [-0.25, -0.2) is 13.2 Å². The Hall–Kier alpha value is -0.420. The molecule has 1 aromatic carbocycles. The van der Waals surface area contributed by atoms with Crippen LogP contribution in [0.25, 0.3) is 0 Å². The molecule has 0 unspecified atom stereocenters. The highest BCUT2D eigenvalue weighted by molar-refractivity contribution is 9.11. The van der Waals surface area contributed by atoms with Gasteiger partial charge in [0.2, 0.25) is 0 Å². The molecular weight excluding hydrogens is 514 g/mol. The Morgan fingerprint density at radius 3 is 2.19 bits per heavy atom. The van der Waals surface area contributed by atoms with Crippen LogP contribution in [0, 0.1) is 0 Å². The van der Waals surface area contributed by atoms with Gasteiger partial charge in [0, 0.05) is 13.4 Å². The minimum Gasteiger partial charge on any atom is -0.477 e. The van der Waals surface area contributed by atoms with Gasteiger partial charge in [-0.2, -0.15) is 0 Å². The topological polar surface area (TPSA) is 83.5 Å². The summed E-state index contributed by atoms with van der Waals surface area (Å²) in [4.78, 5) is 10.8. The van der Waals surface area contributed by atoms with Crippen LogP contribution in [0.1, 0.15) is 9.67 Å². The second kappa shape index (κ2) is 6.37. The fourth-order valence-electron chi connectivity index (χ4n) is 1.40. The van der Waals surface area contributed by atoms with Crippen molar-refractivity contribution in [2.45, 2.75) is 4.21 Å². The lowest BCUT2D eigenvalue weighted by atomic mass is 10.3. The van der Waals surface area contributed by atoms with Gasteiger partial charge in [-0.05, 0) is 56.1 Å². The number of thiophene rings is 1. The van der Waals surface area contributed by atoms with Crippen LogP contribution in [0.15, 0.2) is 41.9 Å². The molecular formula is C11H6Br3NO4S2. The maximum atomic E-state index is 12.3. The van der Waals surface area contributed by atoms with E-state index in [1.165, 1.54) is 12.1 Å². The number of carboxylic acid groups (broad SMARTS) is 1.